The molecule has 0 aliphatic heterocycles. The summed E-state index contributed by atoms with van der Waals surface area (Å²) >= 11 is 0. The predicted octanol–water partition coefficient (Wildman–Crippen LogP) is 3.53. The molecule has 0 atom stereocenters. The first-order chi connectivity index (χ1) is 4.71. The number of rotatable bonds is 4. The van der Waals surface area contributed by atoms with Gasteiger partial charge in [0.1, 0.15) is 0 Å². The van der Waals surface area contributed by atoms with Crippen molar-refractivity contribution < 1.29 is 0 Å². The lowest BCUT2D eigenvalue weighted by Gasteiger charge is -2.13. The van der Waals surface area contributed by atoms with Gasteiger partial charge in [-0.2, -0.15) is 0 Å². The second-order valence-electron chi connectivity index (χ2n) is 3.66. The number of unbranched alkanes of at least 4 members (excludes halogenated alkanes) is 1. The summed E-state index contributed by atoms with van der Waals surface area (Å²) in [6.07, 6.45) is 6.91. The molecule has 0 heterocycles. The number of hydrogen-bond acceptors (Lipinski definition) is 0. The van der Waals surface area contributed by atoms with Gasteiger partial charge in [-0.05, 0) is 31.6 Å². The average Bonchev–Trinajstić information content (AvgIpc) is 2.64. The summed E-state index contributed by atoms with van der Waals surface area (Å²) in [6, 6.07) is 0. The predicted molar refractivity (Wildman–Crippen MR) is 46.0 cm³/mol. The summed E-state index contributed by atoms with van der Waals surface area (Å²) in [5, 5.41) is 0. The minimum Gasteiger partial charge on any atom is -0.0996 e. The van der Waals surface area contributed by atoms with Crippen LogP contribution in [-0.4, -0.2) is 0 Å². The standard InChI is InChI=1S/C10H18/c1-4-5-6-10(7-8-10)9(2)3/h2,4-8H2,1,3H3. The lowest BCUT2D eigenvalue weighted by molar-refractivity contribution is 0.518. The molecule has 1 fully saturated rings. The zero-order chi connectivity index (χ0) is 7.61. The molecule has 0 amide bonds. The molecule has 0 aromatic heterocycles. The Balaban J connectivity index is 2.31. The summed E-state index contributed by atoms with van der Waals surface area (Å²) in [7, 11) is 0. The lowest BCUT2D eigenvalue weighted by atomic mass is 9.92. The molecule has 0 aromatic rings. The third-order valence-electron chi connectivity index (χ3n) is 2.77. The van der Waals surface area contributed by atoms with Crippen LogP contribution in [0.25, 0.3) is 0 Å². The van der Waals surface area contributed by atoms with Crippen LogP contribution in [0.15, 0.2) is 12.2 Å². The van der Waals surface area contributed by atoms with Crippen LogP contribution >= 0.6 is 0 Å². The van der Waals surface area contributed by atoms with Crippen LogP contribution in [0.4, 0.5) is 0 Å². The quantitative estimate of drug-likeness (QED) is 0.521. The van der Waals surface area contributed by atoms with Gasteiger partial charge in [0.15, 0.2) is 0 Å². The summed E-state index contributed by atoms with van der Waals surface area (Å²) in [4.78, 5) is 0. The van der Waals surface area contributed by atoms with Crippen LogP contribution < -0.4 is 0 Å². The van der Waals surface area contributed by atoms with Gasteiger partial charge < -0.3 is 0 Å². The molecule has 0 saturated heterocycles. The van der Waals surface area contributed by atoms with Crippen molar-refractivity contribution >= 4 is 0 Å². The number of allylic oxidation sites excluding steroid dienone is 1. The maximum atomic E-state index is 4.04. The van der Waals surface area contributed by atoms with Crippen molar-refractivity contribution in [3.05, 3.63) is 12.2 Å². The SMILES string of the molecule is C=C(C)C1(CCCC)CC1. The van der Waals surface area contributed by atoms with E-state index in [9.17, 15) is 0 Å². The van der Waals surface area contributed by atoms with E-state index in [2.05, 4.69) is 20.4 Å². The average molecular weight is 138 g/mol. The smallest absolute Gasteiger partial charge is 0.00929 e. The van der Waals surface area contributed by atoms with Crippen LogP contribution in [0.2, 0.25) is 0 Å². The van der Waals surface area contributed by atoms with Gasteiger partial charge in [-0.3, -0.25) is 0 Å². The minimum absolute atomic E-state index is 0.607. The van der Waals surface area contributed by atoms with Crippen molar-refractivity contribution in [1.82, 2.24) is 0 Å². The third-order valence-corrected chi connectivity index (χ3v) is 2.77. The molecule has 0 radical (unpaired) electrons. The van der Waals surface area contributed by atoms with Crippen LogP contribution in [0.5, 0.6) is 0 Å². The van der Waals surface area contributed by atoms with Crippen molar-refractivity contribution in [2.75, 3.05) is 0 Å². The van der Waals surface area contributed by atoms with Gasteiger partial charge in [0.05, 0.1) is 0 Å². The van der Waals surface area contributed by atoms with Gasteiger partial charge in [0, 0.05) is 0 Å². The monoisotopic (exact) mass is 138 g/mol. The molecule has 58 valence electrons. The molecule has 0 unspecified atom stereocenters. The fourth-order valence-corrected chi connectivity index (χ4v) is 1.56. The summed E-state index contributed by atoms with van der Waals surface area (Å²) in [5.41, 5.74) is 2.02. The van der Waals surface area contributed by atoms with E-state index in [1.54, 1.807) is 0 Å². The molecule has 1 aliphatic rings. The van der Waals surface area contributed by atoms with E-state index in [-0.39, 0.29) is 0 Å². The third kappa shape index (κ3) is 1.42. The molecule has 0 aromatic carbocycles. The highest BCUT2D eigenvalue weighted by Crippen LogP contribution is 2.54. The summed E-state index contributed by atoms with van der Waals surface area (Å²) < 4.78 is 0. The van der Waals surface area contributed by atoms with Gasteiger partial charge >= 0.3 is 0 Å². The Morgan fingerprint density at radius 3 is 2.40 bits per heavy atom. The molecular weight excluding hydrogens is 120 g/mol. The molecule has 0 spiro atoms. The van der Waals surface area contributed by atoms with Gasteiger partial charge in [0.25, 0.3) is 0 Å². The molecule has 0 heteroatoms. The highest BCUT2D eigenvalue weighted by atomic mass is 14.5. The molecular formula is C10H18. The van der Waals surface area contributed by atoms with Gasteiger partial charge in [-0.15, -0.1) is 0 Å². The van der Waals surface area contributed by atoms with Crippen molar-refractivity contribution in [1.29, 1.82) is 0 Å². The Bertz CT molecular complexity index is 129. The largest absolute Gasteiger partial charge is 0.0996 e. The van der Waals surface area contributed by atoms with Crippen molar-refractivity contribution in [3.63, 3.8) is 0 Å². The van der Waals surface area contributed by atoms with Crippen LogP contribution in [0.1, 0.15) is 46.0 Å². The Hall–Kier alpha value is -0.260. The molecule has 1 aliphatic carbocycles. The van der Waals surface area contributed by atoms with E-state index in [4.69, 9.17) is 0 Å². The maximum Gasteiger partial charge on any atom is -0.00929 e. The van der Waals surface area contributed by atoms with E-state index in [1.807, 2.05) is 0 Å². The topological polar surface area (TPSA) is 0 Å². The van der Waals surface area contributed by atoms with Gasteiger partial charge in [0.2, 0.25) is 0 Å². The number of hydrogen-bond donors (Lipinski definition) is 0. The Morgan fingerprint density at radius 2 is 2.10 bits per heavy atom. The highest BCUT2D eigenvalue weighted by Gasteiger charge is 2.41. The second kappa shape index (κ2) is 2.77. The van der Waals surface area contributed by atoms with E-state index in [0.717, 1.165) is 0 Å². The van der Waals surface area contributed by atoms with E-state index >= 15 is 0 Å². The Morgan fingerprint density at radius 1 is 1.50 bits per heavy atom. The molecule has 1 saturated carbocycles. The molecule has 1 rings (SSSR count). The van der Waals surface area contributed by atoms with E-state index < -0.39 is 0 Å². The van der Waals surface area contributed by atoms with Crippen LogP contribution in [0, 0.1) is 5.41 Å². The van der Waals surface area contributed by atoms with Gasteiger partial charge in [-0.25, -0.2) is 0 Å². The van der Waals surface area contributed by atoms with Crippen LogP contribution in [0.3, 0.4) is 0 Å². The van der Waals surface area contributed by atoms with E-state index in [0.29, 0.717) is 5.41 Å². The Kier molecular flexibility index (Phi) is 2.18. The Labute approximate surface area is 64.3 Å². The van der Waals surface area contributed by atoms with Gasteiger partial charge in [-0.1, -0.05) is 31.9 Å². The van der Waals surface area contributed by atoms with Crippen molar-refractivity contribution in [2.24, 2.45) is 5.41 Å². The molecule has 0 bridgehead atoms. The normalized spacial score (nSPS) is 20.6. The van der Waals surface area contributed by atoms with Crippen molar-refractivity contribution in [2.45, 2.75) is 46.0 Å². The van der Waals surface area contributed by atoms with E-state index in [1.165, 1.54) is 37.7 Å². The minimum atomic E-state index is 0.607. The molecule has 10 heavy (non-hydrogen) atoms. The first-order valence-corrected chi connectivity index (χ1v) is 4.37. The van der Waals surface area contributed by atoms with Crippen molar-refractivity contribution in [3.8, 4) is 0 Å². The van der Waals surface area contributed by atoms with Crippen LogP contribution in [-0.2, 0) is 0 Å². The zero-order valence-corrected chi connectivity index (χ0v) is 7.24. The second-order valence-corrected chi connectivity index (χ2v) is 3.66. The molecule has 0 N–H and O–H groups in total. The fraction of sp³-hybridized carbons (Fsp3) is 0.800. The highest BCUT2D eigenvalue weighted by molar-refractivity contribution is 5.15. The first kappa shape index (κ1) is 7.84. The molecule has 0 nitrogen and oxygen atoms in total. The summed E-state index contributed by atoms with van der Waals surface area (Å²) in [6.45, 7) is 8.48. The first-order valence-electron chi connectivity index (χ1n) is 4.37. The lowest BCUT2D eigenvalue weighted by Crippen LogP contribution is -1.99. The maximum absolute atomic E-state index is 4.04. The zero-order valence-electron chi connectivity index (χ0n) is 7.24. The fourth-order valence-electron chi connectivity index (χ4n) is 1.56. The summed E-state index contributed by atoms with van der Waals surface area (Å²) in [5.74, 6) is 0.